The lowest BCUT2D eigenvalue weighted by Crippen LogP contribution is -2.46. The van der Waals surface area contributed by atoms with Crippen molar-refractivity contribution in [2.75, 3.05) is 13.1 Å². The average Bonchev–Trinajstić information content (AvgIpc) is 2.06. The predicted molar refractivity (Wildman–Crippen MR) is 59.2 cm³/mol. The van der Waals surface area contributed by atoms with Crippen molar-refractivity contribution in [1.82, 2.24) is 4.90 Å². The first-order valence-corrected chi connectivity index (χ1v) is 5.21. The predicted octanol–water partition coefficient (Wildman–Crippen LogP) is 2.11. The maximum absolute atomic E-state index is 4.39. The first-order chi connectivity index (χ1) is 6.24. The standard InChI is InChI=1S/C11H15NS/c1-9-2-4-10(5-3-9)6-12-7-11(13)8-12/h2-5,11,13H,6-8H2,1H3. The minimum Gasteiger partial charge on any atom is -0.297 e. The highest BCUT2D eigenvalue weighted by molar-refractivity contribution is 7.81. The van der Waals surface area contributed by atoms with E-state index in [0.29, 0.717) is 5.25 Å². The van der Waals surface area contributed by atoms with Gasteiger partial charge in [-0.25, -0.2) is 0 Å². The van der Waals surface area contributed by atoms with Gasteiger partial charge in [-0.3, -0.25) is 4.90 Å². The molecule has 1 saturated heterocycles. The summed E-state index contributed by atoms with van der Waals surface area (Å²) in [6, 6.07) is 8.77. The van der Waals surface area contributed by atoms with Crippen molar-refractivity contribution in [3.8, 4) is 0 Å². The summed E-state index contributed by atoms with van der Waals surface area (Å²) in [5, 5.41) is 0.602. The first-order valence-electron chi connectivity index (χ1n) is 4.70. The van der Waals surface area contributed by atoms with E-state index in [-0.39, 0.29) is 0 Å². The number of hydrogen-bond acceptors (Lipinski definition) is 2. The van der Waals surface area contributed by atoms with Crippen molar-refractivity contribution in [2.45, 2.75) is 18.7 Å². The lowest BCUT2D eigenvalue weighted by atomic mass is 10.1. The van der Waals surface area contributed by atoms with Gasteiger partial charge in [0.2, 0.25) is 0 Å². The van der Waals surface area contributed by atoms with Crippen molar-refractivity contribution in [2.24, 2.45) is 0 Å². The highest BCUT2D eigenvalue weighted by atomic mass is 32.1. The van der Waals surface area contributed by atoms with E-state index < -0.39 is 0 Å². The van der Waals surface area contributed by atoms with Crippen LogP contribution in [0, 0.1) is 6.92 Å². The Kier molecular flexibility index (Phi) is 2.61. The highest BCUT2D eigenvalue weighted by Gasteiger charge is 2.22. The molecule has 0 atom stereocenters. The monoisotopic (exact) mass is 193 g/mol. The van der Waals surface area contributed by atoms with E-state index in [9.17, 15) is 0 Å². The van der Waals surface area contributed by atoms with Gasteiger partial charge >= 0.3 is 0 Å². The third-order valence-electron chi connectivity index (χ3n) is 2.46. The van der Waals surface area contributed by atoms with Crippen LogP contribution >= 0.6 is 12.6 Å². The molecule has 0 spiro atoms. The normalized spacial score (nSPS) is 18.6. The fourth-order valence-corrected chi connectivity index (χ4v) is 2.09. The van der Waals surface area contributed by atoms with Gasteiger partial charge in [-0.15, -0.1) is 0 Å². The number of benzene rings is 1. The molecule has 2 heteroatoms. The summed E-state index contributed by atoms with van der Waals surface area (Å²) in [4.78, 5) is 2.42. The zero-order chi connectivity index (χ0) is 9.26. The maximum Gasteiger partial charge on any atom is 0.0272 e. The Morgan fingerprint density at radius 2 is 1.92 bits per heavy atom. The second-order valence-corrected chi connectivity index (χ2v) is 4.56. The van der Waals surface area contributed by atoms with Gasteiger partial charge in [0.15, 0.2) is 0 Å². The summed E-state index contributed by atoms with van der Waals surface area (Å²) < 4.78 is 0. The van der Waals surface area contributed by atoms with Gasteiger partial charge in [0.1, 0.15) is 0 Å². The van der Waals surface area contributed by atoms with Crippen molar-refractivity contribution in [3.63, 3.8) is 0 Å². The third kappa shape index (κ3) is 2.26. The van der Waals surface area contributed by atoms with Gasteiger partial charge in [-0.1, -0.05) is 29.8 Å². The SMILES string of the molecule is Cc1ccc(CN2CC(S)C2)cc1. The molecule has 0 unspecified atom stereocenters. The summed E-state index contributed by atoms with van der Waals surface area (Å²) in [6.45, 7) is 5.47. The molecule has 1 nitrogen and oxygen atoms in total. The highest BCUT2D eigenvalue weighted by Crippen LogP contribution is 2.16. The molecule has 0 saturated carbocycles. The third-order valence-corrected chi connectivity index (χ3v) is 2.79. The number of nitrogens with zero attached hydrogens (tertiary/aromatic N) is 1. The Morgan fingerprint density at radius 3 is 2.46 bits per heavy atom. The fourth-order valence-electron chi connectivity index (χ4n) is 1.62. The van der Waals surface area contributed by atoms with E-state index in [2.05, 4.69) is 48.7 Å². The number of hydrogen-bond donors (Lipinski definition) is 1. The van der Waals surface area contributed by atoms with Gasteiger partial charge < -0.3 is 0 Å². The maximum atomic E-state index is 4.39. The van der Waals surface area contributed by atoms with Crippen LogP contribution in [0.4, 0.5) is 0 Å². The van der Waals surface area contributed by atoms with Crippen LogP contribution in [0.3, 0.4) is 0 Å². The number of thiol groups is 1. The number of likely N-dealkylation sites (tertiary alicyclic amines) is 1. The number of rotatable bonds is 2. The Balaban J connectivity index is 1.91. The molecule has 1 aromatic rings. The Hall–Kier alpha value is -0.470. The average molecular weight is 193 g/mol. The van der Waals surface area contributed by atoms with Crippen molar-refractivity contribution >= 4 is 12.6 Å². The second kappa shape index (κ2) is 3.72. The molecule has 1 fully saturated rings. The molecule has 0 amide bonds. The van der Waals surface area contributed by atoms with Gasteiger partial charge in [0.05, 0.1) is 0 Å². The van der Waals surface area contributed by atoms with Gasteiger partial charge in [-0.05, 0) is 12.5 Å². The molecular weight excluding hydrogens is 178 g/mol. The van der Waals surface area contributed by atoms with Crippen LogP contribution in [0.25, 0.3) is 0 Å². The molecule has 70 valence electrons. The first kappa shape index (κ1) is 9.10. The van der Waals surface area contributed by atoms with E-state index in [4.69, 9.17) is 0 Å². The Bertz CT molecular complexity index is 275. The van der Waals surface area contributed by atoms with Crippen LogP contribution in [0.15, 0.2) is 24.3 Å². The molecule has 0 aromatic heterocycles. The molecule has 2 rings (SSSR count). The summed E-state index contributed by atoms with van der Waals surface area (Å²) in [7, 11) is 0. The summed E-state index contributed by atoms with van der Waals surface area (Å²) in [5.41, 5.74) is 2.74. The minimum absolute atomic E-state index is 0.602. The van der Waals surface area contributed by atoms with Crippen LogP contribution in [0.1, 0.15) is 11.1 Å². The second-order valence-electron chi connectivity index (χ2n) is 3.83. The quantitative estimate of drug-likeness (QED) is 0.704. The molecule has 1 heterocycles. The van der Waals surface area contributed by atoms with Gasteiger partial charge in [0.25, 0.3) is 0 Å². The van der Waals surface area contributed by atoms with E-state index in [0.717, 1.165) is 19.6 Å². The fraction of sp³-hybridized carbons (Fsp3) is 0.455. The molecule has 1 aliphatic heterocycles. The summed E-state index contributed by atoms with van der Waals surface area (Å²) in [5.74, 6) is 0. The lowest BCUT2D eigenvalue weighted by molar-refractivity contribution is 0.182. The van der Waals surface area contributed by atoms with Crippen molar-refractivity contribution in [3.05, 3.63) is 35.4 Å². The van der Waals surface area contributed by atoms with Gasteiger partial charge in [-0.2, -0.15) is 12.6 Å². The van der Waals surface area contributed by atoms with Crippen LogP contribution in [-0.2, 0) is 6.54 Å². The van der Waals surface area contributed by atoms with Crippen LogP contribution < -0.4 is 0 Å². The van der Waals surface area contributed by atoms with Crippen LogP contribution in [0.5, 0.6) is 0 Å². The molecule has 0 N–H and O–H groups in total. The molecule has 0 radical (unpaired) electrons. The van der Waals surface area contributed by atoms with Crippen molar-refractivity contribution < 1.29 is 0 Å². The van der Waals surface area contributed by atoms with Crippen molar-refractivity contribution in [1.29, 1.82) is 0 Å². The molecule has 0 bridgehead atoms. The van der Waals surface area contributed by atoms with E-state index in [1.807, 2.05) is 0 Å². The lowest BCUT2D eigenvalue weighted by Gasteiger charge is -2.36. The van der Waals surface area contributed by atoms with E-state index in [1.165, 1.54) is 11.1 Å². The van der Waals surface area contributed by atoms with E-state index in [1.54, 1.807) is 0 Å². The van der Waals surface area contributed by atoms with E-state index >= 15 is 0 Å². The molecular formula is C11H15NS. The largest absolute Gasteiger partial charge is 0.297 e. The summed E-state index contributed by atoms with van der Waals surface area (Å²) >= 11 is 4.39. The van der Waals surface area contributed by atoms with Crippen LogP contribution in [0.2, 0.25) is 0 Å². The zero-order valence-electron chi connectivity index (χ0n) is 7.90. The molecule has 1 aromatic carbocycles. The minimum atomic E-state index is 0.602. The Labute approximate surface area is 85.2 Å². The summed E-state index contributed by atoms with van der Waals surface area (Å²) in [6.07, 6.45) is 0. The van der Waals surface area contributed by atoms with Gasteiger partial charge in [0, 0.05) is 24.9 Å². The zero-order valence-corrected chi connectivity index (χ0v) is 8.80. The molecule has 13 heavy (non-hydrogen) atoms. The Morgan fingerprint density at radius 1 is 1.31 bits per heavy atom. The smallest absolute Gasteiger partial charge is 0.0272 e. The topological polar surface area (TPSA) is 3.24 Å². The number of aryl methyl sites for hydroxylation is 1. The molecule has 0 aliphatic carbocycles. The molecule has 1 aliphatic rings. The van der Waals surface area contributed by atoms with Crippen LogP contribution in [-0.4, -0.2) is 23.2 Å².